The van der Waals surface area contributed by atoms with Crippen LogP contribution in [0, 0.1) is 0 Å². The van der Waals surface area contributed by atoms with Gasteiger partial charge in [0, 0.05) is 12.6 Å². The number of rotatable bonds is 6. The molecule has 0 aliphatic carbocycles. The Bertz CT molecular complexity index is 992. The lowest BCUT2D eigenvalue weighted by Gasteiger charge is -2.04. The second kappa shape index (κ2) is 7.04. The van der Waals surface area contributed by atoms with E-state index in [2.05, 4.69) is 20.3 Å². The molecule has 0 atom stereocenters. The van der Waals surface area contributed by atoms with Crippen LogP contribution in [0.15, 0.2) is 56.8 Å². The summed E-state index contributed by atoms with van der Waals surface area (Å²) in [6, 6.07) is 11.2. The van der Waals surface area contributed by atoms with Gasteiger partial charge in [0.2, 0.25) is 11.7 Å². The predicted molar refractivity (Wildman–Crippen MR) is 94.6 cm³/mol. The Balaban J connectivity index is 1.46. The van der Waals surface area contributed by atoms with E-state index >= 15 is 0 Å². The summed E-state index contributed by atoms with van der Waals surface area (Å²) in [5, 5.41) is 13.2. The summed E-state index contributed by atoms with van der Waals surface area (Å²) in [4.78, 5) is 4.32. The molecule has 8 nitrogen and oxygen atoms in total. The fraction of sp³-hybridized carbons (Fsp3) is 0.176. The number of thioether (sulfide) groups is 1. The van der Waals surface area contributed by atoms with Gasteiger partial charge in [0.05, 0.1) is 19.1 Å². The lowest BCUT2D eigenvalue weighted by molar-refractivity contribution is 0.390. The van der Waals surface area contributed by atoms with Gasteiger partial charge in [0.15, 0.2) is 16.7 Å². The molecular formula is C17H15N5O3S. The van der Waals surface area contributed by atoms with E-state index in [0.29, 0.717) is 23.2 Å². The molecule has 9 heteroatoms. The van der Waals surface area contributed by atoms with Crippen LogP contribution in [0.5, 0.6) is 5.75 Å². The average Bonchev–Trinajstić information content (AvgIpc) is 3.41. The zero-order valence-electron chi connectivity index (χ0n) is 14.1. The molecule has 4 rings (SSSR count). The fourth-order valence-corrected chi connectivity index (χ4v) is 3.13. The SMILES string of the molecule is COc1ccc(-c2nnc(SCc3nc(-c4ccco4)no3)n2C)cc1. The molecule has 0 aliphatic heterocycles. The number of hydrogen-bond acceptors (Lipinski definition) is 8. The van der Waals surface area contributed by atoms with E-state index in [-0.39, 0.29) is 0 Å². The van der Waals surface area contributed by atoms with Gasteiger partial charge in [-0.3, -0.25) is 0 Å². The third-order valence-corrected chi connectivity index (χ3v) is 4.72. The van der Waals surface area contributed by atoms with Gasteiger partial charge >= 0.3 is 0 Å². The number of ether oxygens (including phenoxy) is 1. The van der Waals surface area contributed by atoms with E-state index in [1.807, 2.05) is 35.9 Å². The molecular weight excluding hydrogens is 354 g/mol. The molecule has 0 unspecified atom stereocenters. The number of aromatic nitrogens is 5. The predicted octanol–water partition coefficient (Wildman–Crippen LogP) is 3.43. The molecule has 0 N–H and O–H groups in total. The zero-order valence-corrected chi connectivity index (χ0v) is 14.9. The van der Waals surface area contributed by atoms with Crippen LogP contribution in [0.25, 0.3) is 23.0 Å². The quantitative estimate of drug-likeness (QED) is 0.477. The lowest BCUT2D eigenvalue weighted by Crippen LogP contribution is -1.95. The number of methoxy groups -OCH3 is 1. The van der Waals surface area contributed by atoms with Crippen LogP contribution < -0.4 is 4.74 Å². The normalized spacial score (nSPS) is 11.0. The first-order valence-corrected chi connectivity index (χ1v) is 8.76. The molecule has 4 aromatic rings. The minimum absolute atomic E-state index is 0.433. The van der Waals surface area contributed by atoms with E-state index in [9.17, 15) is 0 Å². The Morgan fingerprint density at radius 3 is 2.73 bits per heavy atom. The monoisotopic (exact) mass is 369 g/mol. The van der Waals surface area contributed by atoms with Crippen molar-refractivity contribution in [2.24, 2.45) is 7.05 Å². The van der Waals surface area contributed by atoms with E-state index in [0.717, 1.165) is 22.3 Å². The van der Waals surface area contributed by atoms with Crippen molar-refractivity contribution in [3.8, 4) is 28.7 Å². The summed E-state index contributed by atoms with van der Waals surface area (Å²) in [5.74, 6) is 3.57. The van der Waals surface area contributed by atoms with Gasteiger partial charge in [-0.15, -0.1) is 10.2 Å². The second-order valence-electron chi connectivity index (χ2n) is 5.37. The topological polar surface area (TPSA) is 92.0 Å². The van der Waals surface area contributed by atoms with Gasteiger partial charge < -0.3 is 18.2 Å². The molecule has 0 saturated heterocycles. The molecule has 0 spiro atoms. The van der Waals surface area contributed by atoms with Crippen LogP contribution in [0.4, 0.5) is 0 Å². The average molecular weight is 369 g/mol. The lowest BCUT2D eigenvalue weighted by atomic mass is 10.2. The van der Waals surface area contributed by atoms with Crippen LogP contribution in [0.3, 0.4) is 0 Å². The Morgan fingerprint density at radius 1 is 1.15 bits per heavy atom. The molecule has 0 amide bonds. The van der Waals surface area contributed by atoms with Gasteiger partial charge in [-0.1, -0.05) is 16.9 Å². The van der Waals surface area contributed by atoms with Crippen LogP contribution in [-0.4, -0.2) is 32.0 Å². The van der Waals surface area contributed by atoms with Gasteiger partial charge in [-0.05, 0) is 36.4 Å². The van der Waals surface area contributed by atoms with Crippen molar-refractivity contribution in [1.29, 1.82) is 0 Å². The standard InChI is InChI=1S/C17H15N5O3S/c1-22-16(11-5-7-12(23-2)8-6-11)19-20-17(22)26-10-14-18-15(21-25-14)13-4-3-9-24-13/h3-9H,10H2,1-2H3. The van der Waals surface area contributed by atoms with E-state index in [1.54, 1.807) is 25.5 Å². The summed E-state index contributed by atoms with van der Waals surface area (Å²) in [5.41, 5.74) is 0.963. The first-order valence-electron chi connectivity index (χ1n) is 7.77. The third-order valence-electron chi connectivity index (χ3n) is 3.72. The maximum Gasteiger partial charge on any atom is 0.238 e. The first kappa shape index (κ1) is 16.4. The van der Waals surface area contributed by atoms with Crippen molar-refractivity contribution in [2.75, 3.05) is 7.11 Å². The molecule has 0 saturated carbocycles. The Morgan fingerprint density at radius 2 is 2.00 bits per heavy atom. The number of furan rings is 1. The Labute approximate surface area is 153 Å². The van der Waals surface area contributed by atoms with Crippen molar-refractivity contribution in [3.63, 3.8) is 0 Å². The molecule has 132 valence electrons. The number of benzene rings is 1. The van der Waals surface area contributed by atoms with Gasteiger partial charge in [0.25, 0.3) is 0 Å². The number of nitrogens with zero attached hydrogens (tertiary/aromatic N) is 5. The molecule has 0 fully saturated rings. The summed E-state index contributed by atoms with van der Waals surface area (Å²) < 4.78 is 17.6. The molecule has 0 radical (unpaired) electrons. The summed E-state index contributed by atoms with van der Waals surface area (Å²) in [6.45, 7) is 0. The van der Waals surface area contributed by atoms with Crippen LogP contribution in [-0.2, 0) is 12.8 Å². The van der Waals surface area contributed by atoms with E-state index < -0.39 is 0 Å². The molecule has 1 aromatic carbocycles. The summed E-state index contributed by atoms with van der Waals surface area (Å²) in [6.07, 6.45) is 1.57. The van der Waals surface area contributed by atoms with Crippen molar-refractivity contribution < 1.29 is 13.7 Å². The fourth-order valence-electron chi connectivity index (χ4n) is 2.38. The van der Waals surface area contributed by atoms with Crippen LogP contribution >= 0.6 is 11.8 Å². The highest BCUT2D eigenvalue weighted by Gasteiger charge is 2.15. The Hall–Kier alpha value is -3.07. The highest BCUT2D eigenvalue weighted by atomic mass is 32.2. The van der Waals surface area contributed by atoms with Crippen LogP contribution in [0.1, 0.15) is 5.89 Å². The highest BCUT2D eigenvalue weighted by Crippen LogP contribution is 2.26. The second-order valence-corrected chi connectivity index (χ2v) is 6.31. The molecule has 26 heavy (non-hydrogen) atoms. The molecule has 0 bridgehead atoms. The van der Waals surface area contributed by atoms with Gasteiger partial charge in [-0.25, -0.2) is 0 Å². The van der Waals surface area contributed by atoms with Crippen molar-refractivity contribution in [2.45, 2.75) is 10.9 Å². The zero-order chi connectivity index (χ0) is 17.9. The molecule has 0 aliphatic rings. The Kier molecular flexibility index (Phi) is 4.44. The molecule has 3 heterocycles. The van der Waals surface area contributed by atoms with Crippen LogP contribution in [0.2, 0.25) is 0 Å². The highest BCUT2D eigenvalue weighted by molar-refractivity contribution is 7.98. The molecule has 3 aromatic heterocycles. The summed E-state index contributed by atoms with van der Waals surface area (Å²) >= 11 is 1.47. The third kappa shape index (κ3) is 3.21. The largest absolute Gasteiger partial charge is 0.497 e. The maximum absolute atomic E-state index is 5.26. The summed E-state index contributed by atoms with van der Waals surface area (Å²) in [7, 11) is 3.56. The van der Waals surface area contributed by atoms with Crippen molar-refractivity contribution >= 4 is 11.8 Å². The maximum atomic E-state index is 5.26. The first-order chi connectivity index (χ1) is 12.7. The van der Waals surface area contributed by atoms with Crippen molar-refractivity contribution in [3.05, 3.63) is 48.6 Å². The van der Waals surface area contributed by atoms with E-state index in [4.69, 9.17) is 13.7 Å². The number of hydrogen-bond donors (Lipinski definition) is 0. The minimum atomic E-state index is 0.433. The van der Waals surface area contributed by atoms with Gasteiger partial charge in [-0.2, -0.15) is 4.98 Å². The van der Waals surface area contributed by atoms with E-state index in [1.165, 1.54) is 11.8 Å². The smallest absolute Gasteiger partial charge is 0.238 e. The minimum Gasteiger partial charge on any atom is -0.497 e. The van der Waals surface area contributed by atoms with Crippen molar-refractivity contribution in [1.82, 2.24) is 24.9 Å². The van der Waals surface area contributed by atoms with Gasteiger partial charge in [0.1, 0.15) is 5.75 Å².